The number of nitrogens with zero attached hydrogens (tertiary/aromatic N) is 1. The summed E-state index contributed by atoms with van der Waals surface area (Å²) in [5.74, 6) is 1.68. The number of aliphatic imine (C=N–C) groups is 1. The fourth-order valence-corrected chi connectivity index (χ4v) is 2.54. The second kappa shape index (κ2) is 10.9. The van der Waals surface area contributed by atoms with E-state index < -0.39 is 0 Å². The predicted octanol–water partition coefficient (Wildman–Crippen LogP) is 3.70. The Hall–Kier alpha value is -1.79. The Morgan fingerprint density at radius 3 is 2.92 bits per heavy atom. The number of hydrogen-bond acceptors (Lipinski definition) is 3. The summed E-state index contributed by atoms with van der Waals surface area (Å²) >= 11 is 3.48. The first-order chi connectivity index (χ1) is 11.8. The first-order valence-corrected chi connectivity index (χ1v) is 8.94. The molecule has 1 aromatic heterocycles. The lowest BCUT2D eigenvalue weighted by atomic mass is 10.2. The Morgan fingerprint density at radius 1 is 1.25 bits per heavy atom. The van der Waals surface area contributed by atoms with Gasteiger partial charge in [0.05, 0.1) is 12.8 Å². The molecule has 5 nitrogen and oxygen atoms in total. The van der Waals surface area contributed by atoms with Crippen LogP contribution in [-0.4, -0.2) is 25.7 Å². The number of ether oxygens (including phenoxy) is 1. The van der Waals surface area contributed by atoms with Gasteiger partial charge in [-0.3, -0.25) is 0 Å². The van der Waals surface area contributed by atoms with Gasteiger partial charge in [0.25, 0.3) is 0 Å². The molecule has 0 fully saturated rings. The van der Waals surface area contributed by atoms with Crippen molar-refractivity contribution in [2.45, 2.75) is 26.5 Å². The van der Waals surface area contributed by atoms with E-state index >= 15 is 0 Å². The summed E-state index contributed by atoms with van der Waals surface area (Å²) in [6, 6.07) is 12.0. The summed E-state index contributed by atoms with van der Waals surface area (Å²) in [6.07, 6.45) is 2.56. The lowest BCUT2D eigenvalue weighted by molar-refractivity contribution is 0.105. The third-order valence-electron chi connectivity index (χ3n) is 3.24. The van der Waals surface area contributed by atoms with Crippen molar-refractivity contribution in [2.75, 3.05) is 19.7 Å². The van der Waals surface area contributed by atoms with Gasteiger partial charge in [0, 0.05) is 24.2 Å². The van der Waals surface area contributed by atoms with Crippen LogP contribution in [0.4, 0.5) is 0 Å². The highest BCUT2D eigenvalue weighted by Crippen LogP contribution is 2.12. The Labute approximate surface area is 151 Å². The van der Waals surface area contributed by atoms with Crippen LogP contribution in [0.5, 0.6) is 0 Å². The molecule has 0 amide bonds. The molecular weight excluding hydrogens is 370 g/mol. The molecule has 0 radical (unpaired) electrons. The van der Waals surface area contributed by atoms with E-state index in [-0.39, 0.29) is 0 Å². The maximum absolute atomic E-state index is 5.56. The van der Waals surface area contributed by atoms with Gasteiger partial charge in [0.2, 0.25) is 0 Å². The van der Waals surface area contributed by atoms with Crippen LogP contribution in [0, 0.1) is 0 Å². The summed E-state index contributed by atoms with van der Waals surface area (Å²) in [5.41, 5.74) is 1.17. The molecule has 2 rings (SSSR count). The van der Waals surface area contributed by atoms with Gasteiger partial charge in [-0.15, -0.1) is 0 Å². The SMILES string of the molecule is CCNC(=NCc1cccc(Br)c1)NCCCOCc1ccco1. The van der Waals surface area contributed by atoms with Crippen molar-refractivity contribution in [1.82, 2.24) is 10.6 Å². The summed E-state index contributed by atoms with van der Waals surface area (Å²) < 4.78 is 11.9. The molecule has 0 saturated heterocycles. The van der Waals surface area contributed by atoms with Crippen molar-refractivity contribution < 1.29 is 9.15 Å². The zero-order valence-corrected chi connectivity index (χ0v) is 15.5. The lowest BCUT2D eigenvalue weighted by Crippen LogP contribution is -2.38. The first kappa shape index (κ1) is 18.5. The van der Waals surface area contributed by atoms with Gasteiger partial charge in [-0.1, -0.05) is 28.1 Å². The second-order valence-electron chi connectivity index (χ2n) is 5.24. The first-order valence-electron chi connectivity index (χ1n) is 8.14. The van der Waals surface area contributed by atoms with Gasteiger partial charge in [-0.2, -0.15) is 0 Å². The van der Waals surface area contributed by atoms with Crippen molar-refractivity contribution in [3.8, 4) is 0 Å². The molecule has 0 bridgehead atoms. The topological polar surface area (TPSA) is 58.8 Å². The number of halogens is 1. The average Bonchev–Trinajstić information content (AvgIpc) is 3.09. The Balaban J connectivity index is 1.67. The highest BCUT2D eigenvalue weighted by Gasteiger charge is 1.99. The largest absolute Gasteiger partial charge is 0.467 e. The normalized spacial score (nSPS) is 11.5. The molecule has 1 heterocycles. The average molecular weight is 394 g/mol. The van der Waals surface area contributed by atoms with E-state index in [0.29, 0.717) is 19.8 Å². The maximum atomic E-state index is 5.56. The van der Waals surface area contributed by atoms with Crippen molar-refractivity contribution >= 4 is 21.9 Å². The molecule has 0 atom stereocenters. The maximum Gasteiger partial charge on any atom is 0.191 e. The van der Waals surface area contributed by atoms with Gasteiger partial charge in [-0.25, -0.2) is 4.99 Å². The summed E-state index contributed by atoms with van der Waals surface area (Å²) in [5, 5.41) is 6.58. The van der Waals surface area contributed by atoms with Crippen LogP contribution in [0.1, 0.15) is 24.7 Å². The van der Waals surface area contributed by atoms with Crippen molar-refractivity contribution in [3.63, 3.8) is 0 Å². The minimum Gasteiger partial charge on any atom is -0.467 e. The molecule has 24 heavy (non-hydrogen) atoms. The van der Waals surface area contributed by atoms with Crippen molar-refractivity contribution in [3.05, 3.63) is 58.5 Å². The third kappa shape index (κ3) is 7.19. The van der Waals surface area contributed by atoms with Crippen molar-refractivity contribution in [2.24, 2.45) is 4.99 Å². The summed E-state index contributed by atoms with van der Waals surface area (Å²) in [7, 11) is 0. The third-order valence-corrected chi connectivity index (χ3v) is 3.73. The number of hydrogen-bond donors (Lipinski definition) is 2. The molecule has 2 N–H and O–H groups in total. The lowest BCUT2D eigenvalue weighted by Gasteiger charge is -2.11. The van der Waals surface area contributed by atoms with E-state index in [1.807, 2.05) is 24.3 Å². The Kier molecular flexibility index (Phi) is 8.41. The van der Waals surface area contributed by atoms with Crippen LogP contribution in [0.25, 0.3) is 0 Å². The number of guanidine groups is 1. The molecule has 0 aliphatic rings. The highest BCUT2D eigenvalue weighted by molar-refractivity contribution is 9.10. The van der Waals surface area contributed by atoms with Crippen LogP contribution in [0.3, 0.4) is 0 Å². The van der Waals surface area contributed by atoms with E-state index in [0.717, 1.165) is 35.7 Å². The Bertz CT molecular complexity index is 614. The van der Waals surface area contributed by atoms with Gasteiger partial charge >= 0.3 is 0 Å². The number of benzene rings is 1. The number of nitrogens with one attached hydrogen (secondary N) is 2. The van der Waals surface area contributed by atoms with Crippen molar-refractivity contribution in [1.29, 1.82) is 0 Å². The predicted molar refractivity (Wildman–Crippen MR) is 99.9 cm³/mol. The van der Waals surface area contributed by atoms with Gasteiger partial charge < -0.3 is 19.8 Å². The number of furan rings is 1. The fourth-order valence-electron chi connectivity index (χ4n) is 2.10. The minimum atomic E-state index is 0.518. The van der Waals surface area contributed by atoms with E-state index in [1.165, 1.54) is 5.56 Å². The van der Waals surface area contributed by atoms with E-state index in [1.54, 1.807) is 6.26 Å². The minimum absolute atomic E-state index is 0.518. The van der Waals surface area contributed by atoms with Gasteiger partial charge in [-0.05, 0) is 43.2 Å². The standard InChI is InChI=1S/C18H24BrN3O2/c1-2-20-18(22-13-15-6-3-7-16(19)12-15)21-9-5-10-23-14-17-8-4-11-24-17/h3-4,6-8,11-12H,2,5,9-10,13-14H2,1H3,(H2,20,21,22). The van der Waals surface area contributed by atoms with Gasteiger partial charge in [0.1, 0.15) is 12.4 Å². The molecule has 1 aromatic carbocycles. The Morgan fingerprint density at radius 2 is 2.17 bits per heavy atom. The van der Waals surface area contributed by atoms with Gasteiger partial charge in [0.15, 0.2) is 5.96 Å². The molecule has 0 saturated carbocycles. The fraction of sp³-hybridized carbons (Fsp3) is 0.389. The van der Waals surface area contributed by atoms with Crippen LogP contribution >= 0.6 is 15.9 Å². The molecule has 0 spiro atoms. The second-order valence-corrected chi connectivity index (χ2v) is 6.15. The molecule has 0 aliphatic heterocycles. The molecule has 2 aromatic rings. The van der Waals surface area contributed by atoms with Crippen LogP contribution < -0.4 is 10.6 Å². The number of rotatable bonds is 9. The van der Waals surface area contributed by atoms with E-state index in [4.69, 9.17) is 9.15 Å². The van der Waals surface area contributed by atoms with Crippen LogP contribution in [-0.2, 0) is 17.9 Å². The zero-order chi connectivity index (χ0) is 17.0. The highest BCUT2D eigenvalue weighted by atomic mass is 79.9. The molecule has 0 unspecified atom stereocenters. The molecule has 6 heteroatoms. The van der Waals surface area contributed by atoms with Crippen LogP contribution in [0.15, 0.2) is 56.5 Å². The quantitative estimate of drug-likeness (QED) is 0.387. The molecule has 130 valence electrons. The molecule has 0 aliphatic carbocycles. The van der Waals surface area contributed by atoms with E-state index in [2.05, 4.69) is 50.6 Å². The van der Waals surface area contributed by atoms with Crippen LogP contribution in [0.2, 0.25) is 0 Å². The molecular formula is C18H24BrN3O2. The summed E-state index contributed by atoms with van der Waals surface area (Å²) in [4.78, 5) is 4.60. The zero-order valence-electron chi connectivity index (χ0n) is 13.9. The van der Waals surface area contributed by atoms with E-state index in [9.17, 15) is 0 Å². The monoisotopic (exact) mass is 393 g/mol. The summed E-state index contributed by atoms with van der Waals surface area (Å²) in [6.45, 7) is 5.54. The smallest absolute Gasteiger partial charge is 0.191 e.